The fourth-order valence-electron chi connectivity index (χ4n) is 3.29. The van der Waals surface area contributed by atoms with E-state index in [-0.39, 0.29) is 5.82 Å². The summed E-state index contributed by atoms with van der Waals surface area (Å²) in [5.74, 6) is 1.09. The highest BCUT2D eigenvalue weighted by atomic mass is 32.1. The molecule has 7 heteroatoms. The van der Waals surface area contributed by atoms with E-state index in [1.54, 1.807) is 43.5 Å². The van der Waals surface area contributed by atoms with Crippen molar-refractivity contribution in [2.75, 3.05) is 5.32 Å². The van der Waals surface area contributed by atoms with Gasteiger partial charge in [-0.1, -0.05) is 12.1 Å². The van der Waals surface area contributed by atoms with E-state index in [0.29, 0.717) is 23.5 Å². The van der Waals surface area contributed by atoms with Crippen LogP contribution in [-0.4, -0.2) is 20.1 Å². The van der Waals surface area contributed by atoms with Crippen molar-refractivity contribution in [1.29, 1.82) is 0 Å². The summed E-state index contributed by atoms with van der Waals surface area (Å²) in [6.45, 7) is 7.43. The first-order chi connectivity index (χ1) is 13.2. The normalized spacial score (nSPS) is 12.1. The second-order valence-corrected chi connectivity index (χ2v) is 8.39. The molecule has 144 valence electrons. The molecule has 3 heterocycles. The highest BCUT2D eigenvalue weighted by Gasteiger charge is 2.18. The lowest BCUT2D eigenvalue weighted by Gasteiger charge is -2.18. The molecule has 0 saturated heterocycles. The van der Waals surface area contributed by atoms with E-state index in [9.17, 15) is 9.50 Å². The van der Waals surface area contributed by atoms with Gasteiger partial charge >= 0.3 is 0 Å². The van der Waals surface area contributed by atoms with Crippen LogP contribution in [0.15, 0.2) is 30.5 Å². The summed E-state index contributed by atoms with van der Waals surface area (Å²) in [6, 6.07) is 6.78. The Labute approximate surface area is 166 Å². The van der Waals surface area contributed by atoms with Gasteiger partial charge in [-0.15, -0.1) is 11.3 Å². The number of aliphatic hydroxyl groups is 1. The van der Waals surface area contributed by atoms with Crippen molar-refractivity contribution in [3.05, 3.63) is 58.9 Å². The number of halogens is 1. The molecule has 4 rings (SSSR count). The Bertz CT molecular complexity index is 1200. The fourth-order valence-corrected chi connectivity index (χ4v) is 4.52. The summed E-state index contributed by atoms with van der Waals surface area (Å²) >= 11 is 1.56. The molecule has 0 radical (unpaired) electrons. The molecule has 1 aromatic carbocycles. The zero-order valence-electron chi connectivity index (χ0n) is 16.2. The molecule has 0 aliphatic carbocycles. The molecule has 0 fully saturated rings. The number of nitrogens with one attached hydrogen (secondary N) is 1. The van der Waals surface area contributed by atoms with Crippen LogP contribution in [0.4, 0.5) is 10.2 Å². The van der Waals surface area contributed by atoms with Crippen LogP contribution < -0.4 is 5.32 Å². The third-order valence-corrected chi connectivity index (χ3v) is 5.85. The Morgan fingerprint density at radius 2 is 1.96 bits per heavy atom. The van der Waals surface area contributed by atoms with E-state index in [1.165, 1.54) is 6.07 Å². The molecule has 0 spiro atoms. The van der Waals surface area contributed by atoms with Gasteiger partial charge in [-0.2, -0.15) is 0 Å². The minimum absolute atomic E-state index is 0.294. The molecule has 0 unspecified atom stereocenters. The summed E-state index contributed by atoms with van der Waals surface area (Å²) < 4.78 is 15.5. The van der Waals surface area contributed by atoms with Gasteiger partial charge in [0.1, 0.15) is 22.3 Å². The van der Waals surface area contributed by atoms with Gasteiger partial charge in [0.05, 0.1) is 16.0 Å². The van der Waals surface area contributed by atoms with Crippen LogP contribution in [0.2, 0.25) is 0 Å². The van der Waals surface area contributed by atoms with E-state index in [4.69, 9.17) is 0 Å². The lowest BCUT2D eigenvalue weighted by atomic mass is 9.97. The predicted octanol–water partition coefficient (Wildman–Crippen LogP) is 4.83. The molecule has 0 amide bonds. The summed E-state index contributed by atoms with van der Waals surface area (Å²) in [5.41, 5.74) is 0.926. The molecule has 0 saturated carbocycles. The zero-order valence-corrected chi connectivity index (χ0v) is 17.0. The van der Waals surface area contributed by atoms with Gasteiger partial charge in [0, 0.05) is 29.1 Å². The number of fused-ring (bicyclic) bond motifs is 3. The van der Waals surface area contributed by atoms with Crippen molar-refractivity contribution in [3.63, 3.8) is 0 Å². The molecule has 3 aromatic heterocycles. The lowest BCUT2D eigenvalue weighted by molar-refractivity contribution is 0.0782. The number of aryl methyl sites for hydroxylation is 2. The first-order valence-electron chi connectivity index (χ1n) is 9.01. The standard InChI is InChI=1S/C21H21FN4OS/c1-11-17-15-7-8-23-19(18(15)28-20(17)26-12(2)25-11)24-10-13-5-6-14(9-16(13)22)21(3,4)27/h5-9,27H,10H2,1-4H3,(H,23,24). The van der Waals surface area contributed by atoms with Crippen molar-refractivity contribution in [3.8, 4) is 0 Å². The summed E-state index contributed by atoms with van der Waals surface area (Å²) in [4.78, 5) is 14.4. The summed E-state index contributed by atoms with van der Waals surface area (Å²) in [7, 11) is 0. The van der Waals surface area contributed by atoms with Crippen molar-refractivity contribution in [1.82, 2.24) is 15.0 Å². The van der Waals surface area contributed by atoms with Crippen LogP contribution in [0.5, 0.6) is 0 Å². The third kappa shape index (κ3) is 3.31. The molecule has 28 heavy (non-hydrogen) atoms. The van der Waals surface area contributed by atoms with Crippen LogP contribution in [-0.2, 0) is 12.1 Å². The number of hydrogen-bond donors (Lipinski definition) is 2. The summed E-state index contributed by atoms with van der Waals surface area (Å²) in [6.07, 6.45) is 1.74. The third-order valence-electron chi connectivity index (χ3n) is 4.75. The minimum Gasteiger partial charge on any atom is -0.386 e. The molecular formula is C21H21FN4OS. The average Bonchev–Trinajstić information content (AvgIpc) is 2.98. The number of aromatic nitrogens is 3. The minimum atomic E-state index is -1.08. The number of anilines is 1. The molecule has 0 atom stereocenters. The van der Waals surface area contributed by atoms with Crippen LogP contribution in [0.25, 0.3) is 20.3 Å². The number of benzene rings is 1. The number of nitrogens with zero attached hydrogens (tertiary/aromatic N) is 3. The maximum atomic E-state index is 14.5. The fraction of sp³-hybridized carbons (Fsp3) is 0.286. The van der Waals surface area contributed by atoms with Gasteiger partial charge < -0.3 is 10.4 Å². The maximum absolute atomic E-state index is 14.5. The molecule has 0 bridgehead atoms. The molecule has 2 N–H and O–H groups in total. The van der Waals surface area contributed by atoms with Gasteiger partial charge in [0.25, 0.3) is 0 Å². The van der Waals surface area contributed by atoms with Crippen molar-refractivity contribution >= 4 is 37.5 Å². The highest BCUT2D eigenvalue weighted by molar-refractivity contribution is 7.26. The van der Waals surface area contributed by atoms with Crippen LogP contribution in [0, 0.1) is 19.7 Å². The maximum Gasteiger partial charge on any atom is 0.144 e. The topological polar surface area (TPSA) is 70.9 Å². The highest BCUT2D eigenvalue weighted by Crippen LogP contribution is 2.37. The smallest absolute Gasteiger partial charge is 0.144 e. The van der Waals surface area contributed by atoms with E-state index < -0.39 is 5.60 Å². The van der Waals surface area contributed by atoms with Crippen LogP contribution in [0.3, 0.4) is 0 Å². The quantitative estimate of drug-likeness (QED) is 0.517. The van der Waals surface area contributed by atoms with Crippen molar-refractivity contribution < 1.29 is 9.50 Å². The first-order valence-corrected chi connectivity index (χ1v) is 9.83. The first kappa shape index (κ1) is 18.7. The van der Waals surface area contributed by atoms with E-state index >= 15 is 0 Å². The number of hydrogen-bond acceptors (Lipinski definition) is 6. The molecule has 5 nitrogen and oxygen atoms in total. The van der Waals surface area contributed by atoms with Gasteiger partial charge in [0.15, 0.2) is 0 Å². The van der Waals surface area contributed by atoms with Crippen LogP contribution >= 0.6 is 11.3 Å². The Morgan fingerprint density at radius 3 is 2.68 bits per heavy atom. The number of pyridine rings is 1. The van der Waals surface area contributed by atoms with Gasteiger partial charge in [-0.05, 0) is 45.4 Å². The SMILES string of the molecule is Cc1nc(C)c2c(n1)sc1c(NCc3ccc(C(C)(C)O)cc3F)nccc12. The molecule has 0 aliphatic rings. The Morgan fingerprint density at radius 1 is 1.18 bits per heavy atom. The van der Waals surface area contributed by atoms with Gasteiger partial charge in [-0.3, -0.25) is 0 Å². The van der Waals surface area contributed by atoms with Crippen LogP contribution in [0.1, 0.15) is 36.5 Å². The zero-order chi connectivity index (χ0) is 20.1. The van der Waals surface area contributed by atoms with Crippen molar-refractivity contribution in [2.24, 2.45) is 0 Å². The molecular weight excluding hydrogens is 375 g/mol. The number of thiophene rings is 1. The second-order valence-electron chi connectivity index (χ2n) is 7.39. The Kier molecular flexibility index (Phi) is 4.51. The lowest BCUT2D eigenvalue weighted by Crippen LogP contribution is -2.16. The van der Waals surface area contributed by atoms with E-state index in [0.717, 1.165) is 31.8 Å². The predicted molar refractivity (Wildman–Crippen MR) is 111 cm³/mol. The largest absolute Gasteiger partial charge is 0.386 e. The molecule has 0 aliphatic heterocycles. The number of rotatable bonds is 4. The Hall–Kier alpha value is -2.64. The monoisotopic (exact) mass is 396 g/mol. The average molecular weight is 396 g/mol. The van der Waals surface area contributed by atoms with E-state index in [2.05, 4.69) is 20.3 Å². The second kappa shape index (κ2) is 6.76. The molecule has 4 aromatic rings. The Balaban J connectivity index is 1.68. The summed E-state index contributed by atoms with van der Waals surface area (Å²) in [5, 5.41) is 15.4. The van der Waals surface area contributed by atoms with Gasteiger partial charge in [-0.25, -0.2) is 19.3 Å². The van der Waals surface area contributed by atoms with Gasteiger partial charge in [0.2, 0.25) is 0 Å². The van der Waals surface area contributed by atoms with E-state index in [1.807, 2.05) is 19.9 Å². The van der Waals surface area contributed by atoms with Crippen molar-refractivity contribution in [2.45, 2.75) is 39.8 Å².